The third kappa shape index (κ3) is 11.9. The Bertz CT molecular complexity index is 130. The van der Waals surface area contributed by atoms with Crippen LogP contribution in [0.2, 0.25) is 0 Å². The van der Waals surface area contributed by atoms with Gasteiger partial charge in [0.25, 0.3) is 0 Å². The van der Waals surface area contributed by atoms with Gasteiger partial charge in [-0.25, -0.2) is 0 Å². The molecule has 0 aromatic carbocycles. The molecule has 1 unspecified atom stereocenters. The molecular weight excluding hydrogens is 150 g/mol. The van der Waals surface area contributed by atoms with Gasteiger partial charge in [0.15, 0.2) is 0 Å². The number of amides is 1. The first kappa shape index (κ1) is 13.8. The topological polar surface area (TPSA) is 29.1 Å². The average molecular weight is 171 g/mol. The average Bonchev–Trinajstić information content (AvgIpc) is 2.05. The van der Waals surface area contributed by atoms with Crippen molar-refractivity contribution in [3.63, 3.8) is 0 Å². The molecule has 0 aromatic heterocycles. The monoisotopic (exact) mass is 171 g/mol. The summed E-state index contributed by atoms with van der Waals surface area (Å²) < 4.78 is 0. The Hall–Kier alpha value is -0.790. The van der Waals surface area contributed by atoms with Crippen molar-refractivity contribution in [3.8, 4) is 0 Å². The molecule has 0 spiro atoms. The molecule has 0 aliphatic rings. The molecule has 0 bridgehead atoms. The van der Waals surface area contributed by atoms with Gasteiger partial charge in [-0.2, -0.15) is 0 Å². The molecule has 0 saturated heterocycles. The summed E-state index contributed by atoms with van der Waals surface area (Å²) in [6.45, 7) is 10.3. The van der Waals surface area contributed by atoms with E-state index in [1.807, 2.05) is 26.8 Å². The van der Waals surface area contributed by atoms with Gasteiger partial charge in [-0.05, 0) is 12.8 Å². The number of hydrogen-bond acceptors (Lipinski definition) is 1. The Morgan fingerprint density at radius 1 is 1.50 bits per heavy atom. The second-order valence-corrected chi connectivity index (χ2v) is 2.44. The molecule has 1 N–H and O–H groups in total. The van der Waals surface area contributed by atoms with E-state index < -0.39 is 0 Å². The van der Waals surface area contributed by atoms with Crippen LogP contribution in [0.5, 0.6) is 0 Å². The van der Waals surface area contributed by atoms with Gasteiger partial charge in [-0.1, -0.05) is 32.9 Å². The number of rotatable bonds is 3. The lowest BCUT2D eigenvalue weighted by atomic mass is 10.1. The molecular formula is C10H21NO. The number of allylic oxidation sites excluding steroid dienone is 1. The molecule has 0 rings (SSSR count). The van der Waals surface area contributed by atoms with Gasteiger partial charge in [-0.3, -0.25) is 4.79 Å². The van der Waals surface area contributed by atoms with E-state index >= 15 is 0 Å². The van der Waals surface area contributed by atoms with Crippen molar-refractivity contribution in [2.24, 2.45) is 5.92 Å². The van der Waals surface area contributed by atoms with Crippen LogP contribution in [0.3, 0.4) is 0 Å². The third-order valence-corrected chi connectivity index (χ3v) is 1.19. The highest BCUT2D eigenvalue weighted by molar-refractivity contribution is 5.72. The van der Waals surface area contributed by atoms with Crippen molar-refractivity contribution in [1.82, 2.24) is 5.32 Å². The minimum Gasteiger partial charge on any atom is -0.356 e. The summed E-state index contributed by atoms with van der Waals surface area (Å²) in [5.74, 6) is 0.477. The van der Waals surface area contributed by atoms with Crippen molar-refractivity contribution in [2.45, 2.75) is 34.6 Å². The van der Waals surface area contributed by atoms with Gasteiger partial charge in [-0.15, -0.1) is 0 Å². The Labute approximate surface area is 76.1 Å². The van der Waals surface area contributed by atoms with Crippen LogP contribution in [0, 0.1) is 5.92 Å². The van der Waals surface area contributed by atoms with E-state index in [9.17, 15) is 4.79 Å². The number of hydrogen-bond donors (Lipinski definition) is 1. The van der Waals surface area contributed by atoms with Crippen molar-refractivity contribution < 1.29 is 4.79 Å². The molecule has 0 radical (unpaired) electrons. The SMILES string of the molecule is C/C=C\C(C)CNC(C)=O.CC. The lowest BCUT2D eigenvalue weighted by Crippen LogP contribution is -2.24. The zero-order valence-electron chi connectivity index (χ0n) is 8.85. The fourth-order valence-corrected chi connectivity index (χ4v) is 0.701. The maximum absolute atomic E-state index is 10.4. The predicted octanol–water partition coefficient (Wildman–Crippen LogP) is 2.36. The molecule has 0 aliphatic carbocycles. The van der Waals surface area contributed by atoms with Crippen LogP contribution in [-0.2, 0) is 4.79 Å². The summed E-state index contributed by atoms with van der Waals surface area (Å²) in [6, 6.07) is 0. The molecule has 0 heterocycles. The molecule has 12 heavy (non-hydrogen) atoms. The molecule has 2 nitrogen and oxygen atoms in total. The largest absolute Gasteiger partial charge is 0.356 e. The minimum absolute atomic E-state index is 0.0383. The molecule has 0 saturated carbocycles. The van der Waals surface area contributed by atoms with Crippen molar-refractivity contribution in [1.29, 1.82) is 0 Å². The summed E-state index contributed by atoms with van der Waals surface area (Å²) >= 11 is 0. The molecule has 2 heteroatoms. The van der Waals surface area contributed by atoms with Crippen LogP contribution >= 0.6 is 0 Å². The molecule has 0 fully saturated rings. The maximum Gasteiger partial charge on any atom is 0.216 e. The zero-order valence-corrected chi connectivity index (χ0v) is 8.85. The van der Waals surface area contributed by atoms with Crippen LogP contribution in [0.15, 0.2) is 12.2 Å². The van der Waals surface area contributed by atoms with E-state index in [0.717, 1.165) is 6.54 Å². The number of carbonyl (C=O) groups is 1. The zero-order chi connectivity index (χ0) is 9.98. The lowest BCUT2D eigenvalue weighted by Gasteiger charge is -2.05. The van der Waals surface area contributed by atoms with E-state index in [0.29, 0.717) is 5.92 Å². The molecule has 0 aromatic rings. The van der Waals surface area contributed by atoms with E-state index in [1.54, 1.807) is 0 Å². The van der Waals surface area contributed by atoms with Crippen LogP contribution < -0.4 is 5.32 Å². The van der Waals surface area contributed by atoms with Crippen LogP contribution in [0.4, 0.5) is 0 Å². The lowest BCUT2D eigenvalue weighted by molar-refractivity contribution is -0.119. The van der Waals surface area contributed by atoms with Gasteiger partial charge in [0.05, 0.1) is 0 Å². The van der Waals surface area contributed by atoms with Gasteiger partial charge in [0.2, 0.25) is 5.91 Å². The quantitative estimate of drug-likeness (QED) is 0.649. The highest BCUT2D eigenvalue weighted by Crippen LogP contribution is 1.93. The maximum atomic E-state index is 10.4. The van der Waals surface area contributed by atoms with Crippen LogP contribution in [0.1, 0.15) is 34.6 Å². The number of carbonyl (C=O) groups excluding carboxylic acids is 1. The van der Waals surface area contributed by atoms with Crippen molar-refractivity contribution in [2.75, 3.05) is 6.54 Å². The summed E-state index contributed by atoms with van der Waals surface area (Å²) in [5.41, 5.74) is 0. The Morgan fingerprint density at radius 2 is 2.00 bits per heavy atom. The predicted molar refractivity (Wildman–Crippen MR) is 54.0 cm³/mol. The van der Waals surface area contributed by atoms with E-state index in [4.69, 9.17) is 0 Å². The Morgan fingerprint density at radius 3 is 2.33 bits per heavy atom. The number of nitrogens with one attached hydrogen (secondary N) is 1. The molecule has 0 aliphatic heterocycles. The first-order chi connectivity index (χ1) is 5.66. The van der Waals surface area contributed by atoms with Crippen LogP contribution in [0.25, 0.3) is 0 Å². The Kier molecular flexibility index (Phi) is 11.7. The first-order valence-electron chi connectivity index (χ1n) is 4.54. The van der Waals surface area contributed by atoms with Gasteiger partial charge < -0.3 is 5.32 Å². The minimum atomic E-state index is 0.0383. The smallest absolute Gasteiger partial charge is 0.216 e. The van der Waals surface area contributed by atoms with Gasteiger partial charge >= 0.3 is 0 Å². The van der Waals surface area contributed by atoms with Gasteiger partial charge in [0.1, 0.15) is 0 Å². The molecule has 72 valence electrons. The Balaban J connectivity index is 0. The summed E-state index contributed by atoms with van der Waals surface area (Å²) in [6.07, 6.45) is 4.06. The fourth-order valence-electron chi connectivity index (χ4n) is 0.701. The van der Waals surface area contributed by atoms with Crippen molar-refractivity contribution in [3.05, 3.63) is 12.2 Å². The summed E-state index contributed by atoms with van der Waals surface area (Å²) in [5, 5.41) is 2.74. The highest BCUT2D eigenvalue weighted by atomic mass is 16.1. The fraction of sp³-hybridized carbons (Fsp3) is 0.700. The van der Waals surface area contributed by atoms with E-state index in [-0.39, 0.29) is 5.91 Å². The van der Waals surface area contributed by atoms with Crippen molar-refractivity contribution >= 4 is 5.91 Å². The normalized spacial score (nSPS) is 11.8. The third-order valence-electron chi connectivity index (χ3n) is 1.19. The second kappa shape index (κ2) is 10.2. The molecule has 1 atom stereocenters. The van der Waals surface area contributed by atoms with Gasteiger partial charge in [0, 0.05) is 13.5 Å². The summed E-state index contributed by atoms with van der Waals surface area (Å²) in [7, 11) is 0. The van der Waals surface area contributed by atoms with E-state index in [2.05, 4.69) is 18.3 Å². The van der Waals surface area contributed by atoms with Crippen LogP contribution in [-0.4, -0.2) is 12.5 Å². The standard InChI is InChI=1S/C8H15NO.C2H6/c1-4-5-7(2)6-9-8(3)10;1-2/h4-5,7H,6H2,1-3H3,(H,9,10);1-2H3/b5-4-;. The highest BCUT2D eigenvalue weighted by Gasteiger charge is 1.95. The first-order valence-corrected chi connectivity index (χ1v) is 4.54. The van der Waals surface area contributed by atoms with E-state index in [1.165, 1.54) is 6.92 Å². The summed E-state index contributed by atoms with van der Waals surface area (Å²) in [4.78, 5) is 10.4. The second-order valence-electron chi connectivity index (χ2n) is 2.44. The molecule has 1 amide bonds.